The summed E-state index contributed by atoms with van der Waals surface area (Å²) in [5.74, 6) is 0.830. The minimum atomic E-state index is 0.303. The Labute approximate surface area is 131 Å². The van der Waals surface area contributed by atoms with Crippen molar-refractivity contribution in [1.82, 2.24) is 14.4 Å². The van der Waals surface area contributed by atoms with Crippen LogP contribution in [0.15, 0.2) is 47.5 Å². The normalized spacial score (nSPS) is 17.7. The standard InChI is InChI=1S/C16H15BrN4/c17-14-10-21-9-8-18-16(21)15(20-14)19-13-7-3-5-11-4-1-2-6-12(11)13/h1-2,4,6,8-10,13H,3,5,7H2,(H,19,20). The van der Waals surface area contributed by atoms with Gasteiger partial charge < -0.3 is 9.72 Å². The van der Waals surface area contributed by atoms with Crippen LogP contribution in [0.3, 0.4) is 0 Å². The molecule has 1 unspecified atom stereocenters. The minimum Gasteiger partial charge on any atom is -0.360 e. The third kappa shape index (κ3) is 2.31. The molecule has 0 fully saturated rings. The summed E-state index contributed by atoms with van der Waals surface area (Å²) in [6, 6.07) is 8.97. The van der Waals surface area contributed by atoms with Crippen LogP contribution in [0.25, 0.3) is 5.65 Å². The molecule has 4 rings (SSSR count). The predicted octanol–water partition coefficient (Wildman–Crippen LogP) is 3.98. The van der Waals surface area contributed by atoms with E-state index in [4.69, 9.17) is 0 Å². The first-order valence-electron chi connectivity index (χ1n) is 7.15. The maximum absolute atomic E-state index is 4.56. The van der Waals surface area contributed by atoms with Crippen molar-refractivity contribution in [1.29, 1.82) is 0 Å². The van der Waals surface area contributed by atoms with E-state index in [0.29, 0.717) is 6.04 Å². The molecule has 1 aliphatic rings. The highest BCUT2D eigenvalue weighted by atomic mass is 79.9. The summed E-state index contributed by atoms with van der Waals surface area (Å²) in [4.78, 5) is 8.96. The van der Waals surface area contributed by atoms with E-state index in [2.05, 4.69) is 55.5 Å². The summed E-state index contributed by atoms with van der Waals surface area (Å²) in [7, 11) is 0. The van der Waals surface area contributed by atoms with Crippen molar-refractivity contribution in [3.63, 3.8) is 0 Å². The Balaban J connectivity index is 1.74. The van der Waals surface area contributed by atoms with E-state index >= 15 is 0 Å². The number of anilines is 1. The maximum Gasteiger partial charge on any atom is 0.180 e. The van der Waals surface area contributed by atoms with Crippen LogP contribution < -0.4 is 5.32 Å². The van der Waals surface area contributed by atoms with E-state index in [-0.39, 0.29) is 0 Å². The van der Waals surface area contributed by atoms with Crippen molar-refractivity contribution >= 4 is 27.4 Å². The Kier molecular flexibility index (Phi) is 3.15. The quantitative estimate of drug-likeness (QED) is 0.765. The summed E-state index contributed by atoms with van der Waals surface area (Å²) < 4.78 is 2.79. The van der Waals surface area contributed by atoms with Crippen LogP contribution in [0.4, 0.5) is 5.82 Å². The second kappa shape index (κ2) is 5.15. The number of nitrogens with one attached hydrogen (secondary N) is 1. The molecule has 3 aromatic rings. The summed E-state index contributed by atoms with van der Waals surface area (Å²) in [5.41, 5.74) is 3.69. The number of fused-ring (bicyclic) bond motifs is 2. The van der Waals surface area contributed by atoms with Gasteiger partial charge in [0.15, 0.2) is 11.5 Å². The average Bonchev–Trinajstić information content (AvgIpc) is 2.96. The fourth-order valence-electron chi connectivity index (χ4n) is 3.07. The fourth-order valence-corrected chi connectivity index (χ4v) is 3.46. The summed E-state index contributed by atoms with van der Waals surface area (Å²) in [6.07, 6.45) is 9.14. The number of halogens is 1. The van der Waals surface area contributed by atoms with Crippen LogP contribution >= 0.6 is 15.9 Å². The van der Waals surface area contributed by atoms with Crippen LogP contribution in [0.1, 0.15) is 30.0 Å². The molecule has 106 valence electrons. The van der Waals surface area contributed by atoms with Crippen LogP contribution in [0, 0.1) is 0 Å². The van der Waals surface area contributed by atoms with Crippen molar-refractivity contribution < 1.29 is 0 Å². The van der Waals surface area contributed by atoms with Crippen molar-refractivity contribution in [2.45, 2.75) is 25.3 Å². The SMILES string of the molecule is Brc1cn2ccnc2c(NC2CCCc3ccccc32)n1. The van der Waals surface area contributed by atoms with Gasteiger partial charge in [0, 0.05) is 18.6 Å². The highest BCUT2D eigenvalue weighted by molar-refractivity contribution is 9.10. The molecule has 0 aliphatic heterocycles. The van der Waals surface area contributed by atoms with Gasteiger partial charge in [0.1, 0.15) is 4.60 Å². The zero-order chi connectivity index (χ0) is 14.2. The molecule has 1 N–H and O–H groups in total. The second-order valence-electron chi connectivity index (χ2n) is 5.36. The number of aromatic nitrogens is 3. The molecule has 0 bridgehead atoms. The van der Waals surface area contributed by atoms with Crippen LogP contribution in [-0.4, -0.2) is 14.4 Å². The molecule has 5 heteroatoms. The van der Waals surface area contributed by atoms with Gasteiger partial charge >= 0.3 is 0 Å². The molecule has 1 aliphatic carbocycles. The molecule has 21 heavy (non-hydrogen) atoms. The number of rotatable bonds is 2. The molecular weight excluding hydrogens is 328 g/mol. The van der Waals surface area contributed by atoms with Gasteiger partial charge in [0.2, 0.25) is 0 Å². The van der Waals surface area contributed by atoms with Crippen LogP contribution in [-0.2, 0) is 6.42 Å². The first kappa shape index (κ1) is 12.8. The fraction of sp³-hybridized carbons (Fsp3) is 0.250. The Morgan fingerprint density at radius 3 is 3.14 bits per heavy atom. The topological polar surface area (TPSA) is 42.2 Å². The minimum absolute atomic E-state index is 0.303. The van der Waals surface area contributed by atoms with E-state index in [0.717, 1.165) is 22.5 Å². The third-order valence-corrected chi connectivity index (χ3v) is 4.41. The lowest BCUT2D eigenvalue weighted by Gasteiger charge is -2.26. The molecule has 2 heterocycles. The maximum atomic E-state index is 4.56. The molecule has 0 saturated carbocycles. The lowest BCUT2D eigenvalue weighted by Crippen LogP contribution is -2.18. The van der Waals surface area contributed by atoms with E-state index in [1.54, 1.807) is 6.20 Å². The zero-order valence-electron chi connectivity index (χ0n) is 11.5. The van der Waals surface area contributed by atoms with Gasteiger partial charge in [-0.05, 0) is 46.3 Å². The monoisotopic (exact) mass is 342 g/mol. The summed E-state index contributed by atoms with van der Waals surface area (Å²) in [6.45, 7) is 0. The Morgan fingerprint density at radius 1 is 1.29 bits per heavy atom. The van der Waals surface area contributed by atoms with Crippen LogP contribution in [0.5, 0.6) is 0 Å². The van der Waals surface area contributed by atoms with Crippen molar-refractivity contribution in [2.75, 3.05) is 5.32 Å². The van der Waals surface area contributed by atoms with E-state index in [9.17, 15) is 0 Å². The van der Waals surface area contributed by atoms with E-state index in [1.807, 2.05) is 16.8 Å². The number of benzene rings is 1. The van der Waals surface area contributed by atoms with Gasteiger partial charge in [0.25, 0.3) is 0 Å². The second-order valence-corrected chi connectivity index (χ2v) is 6.17. The lowest BCUT2D eigenvalue weighted by molar-refractivity contribution is 0.598. The first-order chi connectivity index (χ1) is 10.3. The average molecular weight is 343 g/mol. The van der Waals surface area contributed by atoms with Gasteiger partial charge in [-0.15, -0.1) is 0 Å². The molecule has 2 aromatic heterocycles. The molecule has 4 nitrogen and oxygen atoms in total. The number of hydrogen-bond acceptors (Lipinski definition) is 3. The highest BCUT2D eigenvalue weighted by Gasteiger charge is 2.21. The van der Waals surface area contributed by atoms with Gasteiger partial charge in [-0.1, -0.05) is 24.3 Å². The molecule has 0 radical (unpaired) electrons. The predicted molar refractivity (Wildman–Crippen MR) is 86.4 cm³/mol. The van der Waals surface area contributed by atoms with Crippen molar-refractivity contribution in [3.05, 3.63) is 58.6 Å². The smallest absolute Gasteiger partial charge is 0.180 e. The van der Waals surface area contributed by atoms with Gasteiger partial charge in [-0.25, -0.2) is 9.97 Å². The summed E-state index contributed by atoms with van der Waals surface area (Å²) >= 11 is 3.46. The molecular formula is C16H15BrN4. The van der Waals surface area contributed by atoms with Gasteiger partial charge in [-0.3, -0.25) is 0 Å². The van der Waals surface area contributed by atoms with Crippen molar-refractivity contribution in [3.8, 4) is 0 Å². The lowest BCUT2D eigenvalue weighted by atomic mass is 9.88. The Morgan fingerprint density at radius 2 is 2.19 bits per heavy atom. The zero-order valence-corrected chi connectivity index (χ0v) is 13.0. The van der Waals surface area contributed by atoms with Gasteiger partial charge in [0.05, 0.1) is 6.04 Å². The van der Waals surface area contributed by atoms with E-state index in [1.165, 1.54) is 24.0 Å². The molecule has 0 spiro atoms. The number of hydrogen-bond donors (Lipinski definition) is 1. The summed E-state index contributed by atoms with van der Waals surface area (Å²) in [5, 5.41) is 3.58. The molecule has 0 amide bonds. The highest BCUT2D eigenvalue weighted by Crippen LogP contribution is 2.33. The van der Waals surface area contributed by atoms with Gasteiger partial charge in [-0.2, -0.15) is 0 Å². The molecule has 1 aromatic carbocycles. The molecule has 1 atom stereocenters. The number of imidazole rings is 1. The number of nitrogens with zero attached hydrogens (tertiary/aromatic N) is 3. The molecule has 0 saturated heterocycles. The Bertz CT molecular complexity index is 796. The third-order valence-electron chi connectivity index (χ3n) is 4.03. The van der Waals surface area contributed by atoms with E-state index < -0.39 is 0 Å². The first-order valence-corrected chi connectivity index (χ1v) is 7.94. The largest absolute Gasteiger partial charge is 0.360 e. The van der Waals surface area contributed by atoms with Crippen LogP contribution in [0.2, 0.25) is 0 Å². The number of aryl methyl sites for hydroxylation is 1. The Hall–Kier alpha value is -1.88. The van der Waals surface area contributed by atoms with Crippen molar-refractivity contribution in [2.24, 2.45) is 0 Å².